The number of unbranched alkanes of at least 4 members (excludes halogenated alkanes) is 33. The second-order valence-electron chi connectivity index (χ2n) is 16.2. The van der Waals surface area contributed by atoms with Gasteiger partial charge in [-0.3, -0.25) is 0 Å². The fourth-order valence-corrected chi connectivity index (χ4v) is 8.85. The zero-order valence-electron chi connectivity index (χ0n) is 35.2. The Bertz CT molecular complexity index is 568. The predicted octanol–water partition coefficient (Wildman–Crippen LogP) is 15.7. The average molecular weight is 709 g/mol. The molecule has 0 aliphatic heterocycles. The largest absolute Gasteiger partial charge is 0.420 e. The zero-order valence-corrected chi connectivity index (χ0v) is 37.2. The Morgan fingerprint density at radius 1 is 0.347 bits per heavy atom. The predicted molar refractivity (Wildman–Crippen MR) is 226 cm³/mol. The standard InChI is InChI=1S/C46H96O2Si/c1-5-9-12-15-18-21-24-27-30-33-36-39-42-45(47-8-4)46(48-49,43-40-37-34-31-28-25-22-19-16-13-10-6-2)44-41-38-35-32-29-26-23-20-17-14-11-7-3/h45H,5-44H2,1-4,49H3. The molecule has 296 valence electrons. The van der Waals surface area contributed by atoms with Gasteiger partial charge >= 0.3 is 0 Å². The topological polar surface area (TPSA) is 18.5 Å². The van der Waals surface area contributed by atoms with E-state index < -0.39 is 0 Å². The fourth-order valence-electron chi connectivity index (χ4n) is 8.18. The van der Waals surface area contributed by atoms with Crippen LogP contribution in [0.3, 0.4) is 0 Å². The van der Waals surface area contributed by atoms with Crippen LogP contribution in [0.4, 0.5) is 0 Å². The van der Waals surface area contributed by atoms with Gasteiger partial charge in [0.05, 0.1) is 11.7 Å². The minimum atomic E-state index is -0.0308. The van der Waals surface area contributed by atoms with Crippen molar-refractivity contribution in [2.75, 3.05) is 6.61 Å². The van der Waals surface area contributed by atoms with E-state index in [4.69, 9.17) is 9.16 Å². The summed E-state index contributed by atoms with van der Waals surface area (Å²) in [6.07, 6.45) is 54.9. The molecule has 0 rings (SSSR count). The second-order valence-corrected chi connectivity index (χ2v) is 16.6. The van der Waals surface area contributed by atoms with Crippen molar-refractivity contribution in [3.05, 3.63) is 0 Å². The Morgan fingerprint density at radius 3 is 0.837 bits per heavy atom. The first-order valence-corrected chi connectivity index (χ1v) is 24.2. The van der Waals surface area contributed by atoms with Gasteiger partial charge in [-0.1, -0.05) is 252 Å². The van der Waals surface area contributed by atoms with Crippen LogP contribution in [0.2, 0.25) is 0 Å². The van der Waals surface area contributed by atoms with Crippen LogP contribution in [0.5, 0.6) is 0 Å². The van der Waals surface area contributed by atoms with Gasteiger partial charge in [-0.2, -0.15) is 0 Å². The molecule has 0 aliphatic carbocycles. The minimum absolute atomic E-state index is 0.0308. The van der Waals surface area contributed by atoms with E-state index in [1.54, 1.807) is 0 Å². The van der Waals surface area contributed by atoms with E-state index in [1.165, 1.54) is 250 Å². The maximum absolute atomic E-state index is 6.72. The van der Waals surface area contributed by atoms with Crippen molar-refractivity contribution in [3.8, 4) is 0 Å². The van der Waals surface area contributed by atoms with E-state index >= 15 is 0 Å². The van der Waals surface area contributed by atoms with Gasteiger partial charge in [0, 0.05) is 6.61 Å². The highest BCUT2D eigenvalue weighted by atomic mass is 28.2. The summed E-state index contributed by atoms with van der Waals surface area (Å²) in [6.45, 7) is 9.98. The highest BCUT2D eigenvalue weighted by Gasteiger charge is 2.37. The summed E-state index contributed by atoms with van der Waals surface area (Å²) in [6, 6.07) is 0. The lowest BCUT2D eigenvalue weighted by Crippen LogP contribution is -2.46. The molecule has 0 radical (unpaired) electrons. The molecule has 49 heavy (non-hydrogen) atoms. The molecule has 0 N–H and O–H groups in total. The summed E-state index contributed by atoms with van der Waals surface area (Å²) >= 11 is 0. The average Bonchev–Trinajstić information content (AvgIpc) is 3.11. The van der Waals surface area contributed by atoms with Crippen molar-refractivity contribution in [2.24, 2.45) is 0 Å². The minimum Gasteiger partial charge on any atom is -0.420 e. The molecule has 0 saturated carbocycles. The third kappa shape index (κ3) is 32.5. The number of hydrogen-bond donors (Lipinski definition) is 0. The van der Waals surface area contributed by atoms with Gasteiger partial charge in [-0.05, 0) is 26.2 Å². The first-order chi connectivity index (χ1) is 24.2. The van der Waals surface area contributed by atoms with Gasteiger partial charge in [0.25, 0.3) is 0 Å². The fraction of sp³-hybridized carbons (Fsp3) is 1.00. The van der Waals surface area contributed by atoms with Crippen molar-refractivity contribution in [3.63, 3.8) is 0 Å². The smallest absolute Gasteiger partial charge is 0.146 e. The lowest BCUT2D eigenvalue weighted by Gasteiger charge is -2.41. The van der Waals surface area contributed by atoms with Gasteiger partial charge in [0.2, 0.25) is 0 Å². The molecule has 3 heteroatoms. The van der Waals surface area contributed by atoms with E-state index in [9.17, 15) is 0 Å². The molecular formula is C46H96O2Si. The van der Waals surface area contributed by atoms with Gasteiger partial charge in [-0.25, -0.2) is 0 Å². The number of rotatable bonds is 43. The monoisotopic (exact) mass is 709 g/mol. The van der Waals surface area contributed by atoms with E-state index in [-0.39, 0.29) is 5.60 Å². The van der Waals surface area contributed by atoms with Gasteiger partial charge < -0.3 is 9.16 Å². The van der Waals surface area contributed by atoms with Gasteiger partial charge in [-0.15, -0.1) is 0 Å². The molecule has 0 saturated heterocycles. The van der Waals surface area contributed by atoms with Crippen LogP contribution < -0.4 is 0 Å². The molecule has 1 unspecified atom stereocenters. The summed E-state index contributed by atoms with van der Waals surface area (Å²) in [5.41, 5.74) is -0.0308. The maximum atomic E-state index is 6.72. The second kappa shape index (κ2) is 40.9. The number of hydrogen-bond acceptors (Lipinski definition) is 2. The third-order valence-corrected chi connectivity index (χ3v) is 12.4. The van der Waals surface area contributed by atoms with Crippen LogP contribution >= 0.6 is 0 Å². The van der Waals surface area contributed by atoms with Crippen LogP contribution in [0.15, 0.2) is 0 Å². The van der Waals surface area contributed by atoms with Crippen molar-refractivity contribution >= 4 is 10.5 Å². The van der Waals surface area contributed by atoms with Crippen molar-refractivity contribution in [1.82, 2.24) is 0 Å². The summed E-state index contributed by atoms with van der Waals surface area (Å²) in [5, 5.41) is 0. The summed E-state index contributed by atoms with van der Waals surface area (Å²) < 4.78 is 13.3. The molecule has 0 bridgehead atoms. The van der Waals surface area contributed by atoms with E-state index in [2.05, 4.69) is 27.7 Å². The first-order valence-electron chi connectivity index (χ1n) is 23.4. The van der Waals surface area contributed by atoms with E-state index in [1.807, 2.05) is 0 Å². The van der Waals surface area contributed by atoms with Gasteiger partial charge in [0.1, 0.15) is 10.5 Å². The molecular weight excluding hydrogens is 613 g/mol. The van der Waals surface area contributed by atoms with Crippen LogP contribution in [-0.4, -0.2) is 28.8 Å². The molecule has 0 aromatic heterocycles. The van der Waals surface area contributed by atoms with Crippen molar-refractivity contribution in [1.29, 1.82) is 0 Å². The highest BCUT2D eigenvalue weighted by molar-refractivity contribution is 5.98. The van der Waals surface area contributed by atoms with Crippen LogP contribution in [-0.2, 0) is 9.16 Å². The zero-order chi connectivity index (χ0) is 35.8. The Labute approximate surface area is 315 Å². The molecule has 0 amide bonds. The molecule has 0 aliphatic rings. The van der Waals surface area contributed by atoms with Crippen molar-refractivity contribution in [2.45, 2.75) is 290 Å². The van der Waals surface area contributed by atoms with Crippen LogP contribution in [0.25, 0.3) is 0 Å². The molecule has 1 atom stereocenters. The Morgan fingerprint density at radius 2 is 0.592 bits per heavy atom. The van der Waals surface area contributed by atoms with Crippen molar-refractivity contribution < 1.29 is 9.16 Å². The maximum Gasteiger partial charge on any atom is 0.146 e. The lowest BCUT2D eigenvalue weighted by molar-refractivity contribution is -0.102. The third-order valence-electron chi connectivity index (χ3n) is 11.6. The molecule has 0 spiro atoms. The Kier molecular flexibility index (Phi) is 41.0. The van der Waals surface area contributed by atoms with Crippen LogP contribution in [0.1, 0.15) is 278 Å². The lowest BCUT2D eigenvalue weighted by atomic mass is 9.82. The van der Waals surface area contributed by atoms with Crippen LogP contribution in [0, 0.1) is 0 Å². The summed E-state index contributed by atoms with van der Waals surface area (Å²) in [5.74, 6) is 0. The quantitative estimate of drug-likeness (QED) is 0.0464. The molecule has 0 aromatic rings. The molecule has 0 fully saturated rings. The molecule has 2 nitrogen and oxygen atoms in total. The molecule has 0 heterocycles. The Balaban J connectivity index is 4.63. The molecule has 0 aromatic carbocycles. The highest BCUT2D eigenvalue weighted by Crippen LogP contribution is 2.34. The van der Waals surface area contributed by atoms with E-state index in [0.717, 1.165) is 17.1 Å². The SMILES string of the molecule is CCCCCCCCCCCCCCC(OCC)C(CCCCCCCCCCCCCC)(CCCCCCCCCCCCCC)O[SiH3]. The summed E-state index contributed by atoms with van der Waals surface area (Å²) in [4.78, 5) is 0. The van der Waals surface area contributed by atoms with E-state index in [0.29, 0.717) is 6.10 Å². The summed E-state index contributed by atoms with van der Waals surface area (Å²) in [7, 11) is 0.825. The Hall–Kier alpha value is 0.137. The van der Waals surface area contributed by atoms with Gasteiger partial charge in [0.15, 0.2) is 0 Å². The number of ether oxygens (including phenoxy) is 1. The first kappa shape index (κ1) is 49.1. The normalized spacial score (nSPS) is 12.7.